The fraction of sp³-hybridized carbons (Fsp3) is 0.440. The number of amides is 1. The van der Waals surface area contributed by atoms with E-state index in [4.69, 9.17) is 9.72 Å². The third-order valence-electron chi connectivity index (χ3n) is 5.80. The summed E-state index contributed by atoms with van der Waals surface area (Å²) in [6.45, 7) is 7.81. The van der Waals surface area contributed by atoms with Gasteiger partial charge in [0.15, 0.2) is 0 Å². The molecule has 0 N–H and O–H groups in total. The minimum atomic E-state index is -0.491. The summed E-state index contributed by atoms with van der Waals surface area (Å²) < 4.78 is 8.95. The standard InChI is InChI=1S/C25H31BrN4O2/c1-25(2,3)32-24(31)29-15-7-8-20(17-29)28(4)23-27-21-9-5-6-10-22(21)30(23)16-18-11-13-19(26)14-12-18/h5-6,9-14,20H,7-8,15-17H2,1-4H3. The Morgan fingerprint density at radius 3 is 2.62 bits per heavy atom. The maximum absolute atomic E-state index is 12.7. The molecule has 1 aliphatic heterocycles. The summed E-state index contributed by atoms with van der Waals surface area (Å²) in [6.07, 6.45) is 1.72. The van der Waals surface area contributed by atoms with Crippen LogP contribution >= 0.6 is 15.9 Å². The molecule has 1 atom stereocenters. The van der Waals surface area contributed by atoms with E-state index in [1.54, 1.807) is 0 Å². The quantitative estimate of drug-likeness (QED) is 0.463. The highest BCUT2D eigenvalue weighted by atomic mass is 79.9. The lowest BCUT2D eigenvalue weighted by Gasteiger charge is -2.38. The number of nitrogens with zero attached hydrogens (tertiary/aromatic N) is 4. The van der Waals surface area contributed by atoms with E-state index in [2.05, 4.69) is 74.9 Å². The van der Waals surface area contributed by atoms with Crippen LogP contribution in [-0.2, 0) is 11.3 Å². The minimum absolute atomic E-state index is 0.178. The summed E-state index contributed by atoms with van der Waals surface area (Å²) in [5.74, 6) is 0.921. The monoisotopic (exact) mass is 498 g/mol. The number of piperidine rings is 1. The summed E-state index contributed by atoms with van der Waals surface area (Å²) in [4.78, 5) is 21.7. The van der Waals surface area contributed by atoms with Crippen molar-refractivity contribution < 1.29 is 9.53 Å². The average Bonchev–Trinajstić information content (AvgIpc) is 3.12. The zero-order valence-corrected chi connectivity index (χ0v) is 20.8. The van der Waals surface area contributed by atoms with Crippen molar-refractivity contribution in [2.75, 3.05) is 25.0 Å². The Morgan fingerprint density at radius 2 is 1.91 bits per heavy atom. The van der Waals surface area contributed by atoms with E-state index in [0.29, 0.717) is 6.54 Å². The molecule has 2 aromatic carbocycles. The number of carbonyl (C=O) groups is 1. The van der Waals surface area contributed by atoms with Crippen LogP contribution in [0.5, 0.6) is 0 Å². The Bertz CT molecular complexity index is 1090. The van der Waals surface area contributed by atoms with E-state index in [9.17, 15) is 4.79 Å². The van der Waals surface area contributed by atoms with Crippen LogP contribution in [0.3, 0.4) is 0 Å². The van der Waals surface area contributed by atoms with Gasteiger partial charge in [-0.15, -0.1) is 0 Å². The molecule has 0 aliphatic carbocycles. The van der Waals surface area contributed by atoms with E-state index in [0.717, 1.165) is 47.4 Å². The third kappa shape index (κ3) is 5.09. The van der Waals surface area contributed by atoms with Crippen LogP contribution < -0.4 is 4.90 Å². The van der Waals surface area contributed by atoms with Gasteiger partial charge in [-0.2, -0.15) is 0 Å². The van der Waals surface area contributed by atoms with Crippen LogP contribution in [0.15, 0.2) is 53.0 Å². The van der Waals surface area contributed by atoms with E-state index >= 15 is 0 Å². The predicted molar refractivity (Wildman–Crippen MR) is 132 cm³/mol. The Kier molecular flexibility index (Phi) is 6.47. The largest absolute Gasteiger partial charge is 0.444 e. The molecule has 2 heterocycles. The number of aromatic nitrogens is 2. The molecule has 1 fully saturated rings. The van der Waals surface area contributed by atoms with Crippen molar-refractivity contribution >= 4 is 39.0 Å². The van der Waals surface area contributed by atoms with Gasteiger partial charge in [-0.1, -0.05) is 40.2 Å². The SMILES string of the molecule is CN(c1nc2ccccc2n1Cc1ccc(Br)cc1)C1CCCN(C(=O)OC(C)(C)C)C1. The second-order valence-electron chi connectivity index (χ2n) is 9.45. The first kappa shape index (κ1) is 22.6. The van der Waals surface area contributed by atoms with Crippen molar-refractivity contribution in [1.29, 1.82) is 0 Å². The van der Waals surface area contributed by atoms with Gasteiger partial charge in [-0.3, -0.25) is 0 Å². The number of para-hydroxylation sites is 2. The number of hydrogen-bond donors (Lipinski definition) is 0. The molecular formula is C25H31BrN4O2. The molecule has 0 saturated carbocycles. The maximum Gasteiger partial charge on any atom is 0.410 e. The fourth-order valence-corrected chi connectivity index (χ4v) is 4.45. The van der Waals surface area contributed by atoms with Crippen molar-refractivity contribution in [2.45, 2.75) is 51.8 Å². The number of rotatable bonds is 4. The number of imidazole rings is 1. The van der Waals surface area contributed by atoms with Crippen LogP contribution in [0.4, 0.5) is 10.7 Å². The van der Waals surface area contributed by atoms with Crippen molar-refractivity contribution in [3.8, 4) is 0 Å². The molecule has 3 aromatic rings. The van der Waals surface area contributed by atoms with E-state index in [-0.39, 0.29) is 12.1 Å². The fourth-order valence-electron chi connectivity index (χ4n) is 4.19. The van der Waals surface area contributed by atoms with Gasteiger partial charge in [-0.25, -0.2) is 9.78 Å². The number of benzene rings is 2. The van der Waals surface area contributed by atoms with Gasteiger partial charge in [0.2, 0.25) is 5.95 Å². The Hall–Kier alpha value is -2.54. The van der Waals surface area contributed by atoms with Gasteiger partial charge < -0.3 is 19.1 Å². The first-order valence-electron chi connectivity index (χ1n) is 11.1. The van der Waals surface area contributed by atoms with Gasteiger partial charge in [0.1, 0.15) is 5.60 Å². The van der Waals surface area contributed by atoms with Gasteiger partial charge in [0.05, 0.1) is 17.6 Å². The van der Waals surface area contributed by atoms with Gasteiger partial charge in [0.25, 0.3) is 0 Å². The lowest BCUT2D eigenvalue weighted by Crippen LogP contribution is -2.50. The van der Waals surface area contributed by atoms with Crippen LogP contribution in [0.25, 0.3) is 11.0 Å². The second kappa shape index (κ2) is 9.14. The van der Waals surface area contributed by atoms with Crippen LogP contribution in [0, 0.1) is 0 Å². The van der Waals surface area contributed by atoms with E-state index in [1.165, 1.54) is 5.56 Å². The summed E-state index contributed by atoms with van der Waals surface area (Å²) in [6, 6.07) is 16.8. The summed E-state index contributed by atoms with van der Waals surface area (Å²) in [5, 5.41) is 0. The number of hydrogen-bond acceptors (Lipinski definition) is 4. The summed E-state index contributed by atoms with van der Waals surface area (Å²) in [7, 11) is 2.09. The zero-order valence-electron chi connectivity index (χ0n) is 19.2. The molecule has 6 nitrogen and oxygen atoms in total. The number of carbonyl (C=O) groups excluding carboxylic acids is 1. The average molecular weight is 499 g/mol. The Morgan fingerprint density at radius 1 is 1.19 bits per heavy atom. The molecule has 170 valence electrons. The van der Waals surface area contributed by atoms with Gasteiger partial charge >= 0.3 is 6.09 Å². The molecule has 1 unspecified atom stereocenters. The highest BCUT2D eigenvalue weighted by Gasteiger charge is 2.31. The van der Waals surface area contributed by atoms with Crippen molar-refractivity contribution in [3.05, 3.63) is 58.6 Å². The zero-order chi connectivity index (χ0) is 22.9. The molecule has 0 radical (unpaired) electrons. The summed E-state index contributed by atoms with van der Waals surface area (Å²) >= 11 is 3.52. The first-order valence-corrected chi connectivity index (χ1v) is 11.9. The third-order valence-corrected chi connectivity index (χ3v) is 6.33. The van der Waals surface area contributed by atoms with Crippen LogP contribution in [-0.4, -0.2) is 52.3 Å². The topological polar surface area (TPSA) is 50.6 Å². The van der Waals surface area contributed by atoms with E-state index in [1.807, 2.05) is 31.7 Å². The first-order chi connectivity index (χ1) is 15.2. The lowest BCUT2D eigenvalue weighted by atomic mass is 10.1. The summed E-state index contributed by atoms with van der Waals surface area (Å²) in [5.41, 5.74) is 2.81. The minimum Gasteiger partial charge on any atom is -0.444 e. The van der Waals surface area contributed by atoms with Crippen molar-refractivity contribution in [2.24, 2.45) is 0 Å². The number of ether oxygens (including phenoxy) is 1. The highest BCUT2D eigenvalue weighted by Crippen LogP contribution is 2.28. The molecule has 32 heavy (non-hydrogen) atoms. The molecule has 4 rings (SSSR count). The molecule has 0 spiro atoms. The number of likely N-dealkylation sites (tertiary alicyclic amines) is 1. The lowest BCUT2D eigenvalue weighted by molar-refractivity contribution is 0.0199. The van der Waals surface area contributed by atoms with Crippen LogP contribution in [0.1, 0.15) is 39.2 Å². The van der Waals surface area contributed by atoms with Gasteiger partial charge in [-0.05, 0) is 63.4 Å². The highest BCUT2D eigenvalue weighted by molar-refractivity contribution is 9.10. The van der Waals surface area contributed by atoms with E-state index < -0.39 is 5.60 Å². The van der Waals surface area contributed by atoms with Gasteiger partial charge in [0, 0.05) is 30.7 Å². The molecular weight excluding hydrogens is 468 g/mol. The Labute approximate surface area is 198 Å². The normalized spacial score (nSPS) is 16.9. The van der Waals surface area contributed by atoms with Crippen molar-refractivity contribution in [1.82, 2.24) is 14.5 Å². The molecule has 1 amide bonds. The number of anilines is 1. The number of halogens is 1. The molecule has 0 bridgehead atoms. The maximum atomic E-state index is 12.7. The second-order valence-corrected chi connectivity index (χ2v) is 10.4. The molecule has 7 heteroatoms. The molecule has 1 aromatic heterocycles. The van der Waals surface area contributed by atoms with Crippen molar-refractivity contribution in [3.63, 3.8) is 0 Å². The Balaban J connectivity index is 1.61. The number of fused-ring (bicyclic) bond motifs is 1. The molecule has 1 aliphatic rings. The predicted octanol–water partition coefficient (Wildman–Crippen LogP) is 5.68. The molecule has 1 saturated heterocycles. The number of likely N-dealkylation sites (N-methyl/N-ethyl adjacent to an activating group) is 1. The van der Waals surface area contributed by atoms with Crippen LogP contribution in [0.2, 0.25) is 0 Å². The smallest absolute Gasteiger partial charge is 0.410 e.